The highest BCUT2D eigenvalue weighted by Gasteiger charge is 2.32. The highest BCUT2D eigenvalue weighted by molar-refractivity contribution is 7.89. The van der Waals surface area contributed by atoms with Gasteiger partial charge in [0.25, 0.3) is 0 Å². The Labute approximate surface area is 175 Å². The molecule has 0 amide bonds. The predicted molar refractivity (Wildman–Crippen MR) is 119 cm³/mol. The summed E-state index contributed by atoms with van der Waals surface area (Å²) in [5.41, 5.74) is 5.50. The first-order valence-corrected chi connectivity index (χ1v) is 12.5. The van der Waals surface area contributed by atoms with Crippen molar-refractivity contribution in [2.45, 2.75) is 38.0 Å². The van der Waals surface area contributed by atoms with Crippen molar-refractivity contribution in [2.24, 2.45) is 11.8 Å². The smallest absolute Gasteiger partial charge is 0.211 e. The van der Waals surface area contributed by atoms with Crippen molar-refractivity contribution in [3.8, 4) is 0 Å². The molecule has 0 aliphatic heterocycles. The molecule has 1 saturated carbocycles. The molecule has 2 aliphatic rings. The van der Waals surface area contributed by atoms with Crippen LogP contribution in [0.4, 0.5) is 0 Å². The SMILES string of the molecule is CNCC1Cc2ccc(CCNS(=O)(=O)CC3CC3)cc2C1Cc1ccccc1. The summed E-state index contributed by atoms with van der Waals surface area (Å²) in [4.78, 5) is 0. The topological polar surface area (TPSA) is 58.2 Å². The Morgan fingerprint density at radius 2 is 1.83 bits per heavy atom. The number of fused-ring (bicyclic) bond motifs is 1. The van der Waals surface area contributed by atoms with Crippen LogP contribution in [0.1, 0.15) is 41.0 Å². The van der Waals surface area contributed by atoms with E-state index in [1.54, 1.807) is 0 Å². The first kappa shape index (κ1) is 20.6. The van der Waals surface area contributed by atoms with Crippen LogP contribution in [0, 0.1) is 11.8 Å². The van der Waals surface area contributed by atoms with Crippen LogP contribution in [0.25, 0.3) is 0 Å². The van der Waals surface area contributed by atoms with Gasteiger partial charge in [0, 0.05) is 6.54 Å². The van der Waals surface area contributed by atoms with Crippen LogP contribution in [0.3, 0.4) is 0 Å². The lowest BCUT2D eigenvalue weighted by atomic mass is 9.86. The molecule has 0 aromatic heterocycles. The van der Waals surface area contributed by atoms with Gasteiger partial charge in [0.05, 0.1) is 5.75 Å². The van der Waals surface area contributed by atoms with Gasteiger partial charge in [0.2, 0.25) is 10.0 Å². The second-order valence-corrected chi connectivity index (χ2v) is 10.6. The zero-order chi connectivity index (χ0) is 20.3. The van der Waals surface area contributed by atoms with Crippen molar-refractivity contribution >= 4 is 10.0 Å². The third-order valence-corrected chi connectivity index (χ3v) is 7.87. The van der Waals surface area contributed by atoms with Crippen LogP contribution in [0.5, 0.6) is 0 Å². The van der Waals surface area contributed by atoms with E-state index in [1.165, 1.54) is 22.3 Å². The molecule has 0 heterocycles. The molecule has 4 rings (SSSR count). The van der Waals surface area contributed by atoms with E-state index in [4.69, 9.17) is 0 Å². The lowest BCUT2D eigenvalue weighted by Gasteiger charge is -2.21. The van der Waals surface area contributed by atoms with Gasteiger partial charge in [-0.1, -0.05) is 48.5 Å². The Morgan fingerprint density at radius 1 is 1.03 bits per heavy atom. The van der Waals surface area contributed by atoms with E-state index in [1.807, 2.05) is 7.05 Å². The van der Waals surface area contributed by atoms with Crippen LogP contribution in [-0.2, 0) is 29.3 Å². The fraction of sp³-hybridized carbons (Fsp3) is 0.500. The zero-order valence-corrected chi connectivity index (χ0v) is 18.0. The first-order valence-electron chi connectivity index (χ1n) is 10.8. The Morgan fingerprint density at radius 3 is 2.55 bits per heavy atom. The van der Waals surface area contributed by atoms with E-state index in [2.05, 4.69) is 58.6 Å². The van der Waals surface area contributed by atoms with E-state index in [0.29, 0.717) is 30.1 Å². The van der Waals surface area contributed by atoms with E-state index < -0.39 is 10.0 Å². The lowest BCUT2D eigenvalue weighted by Crippen LogP contribution is -2.29. The number of benzene rings is 2. The highest BCUT2D eigenvalue weighted by Crippen LogP contribution is 2.40. The summed E-state index contributed by atoms with van der Waals surface area (Å²) >= 11 is 0. The van der Waals surface area contributed by atoms with Crippen LogP contribution in [0.2, 0.25) is 0 Å². The zero-order valence-electron chi connectivity index (χ0n) is 17.2. The summed E-state index contributed by atoms with van der Waals surface area (Å²) in [5, 5.41) is 3.37. The van der Waals surface area contributed by atoms with E-state index in [9.17, 15) is 8.42 Å². The Kier molecular flexibility index (Phi) is 6.38. The molecule has 0 bridgehead atoms. The molecule has 2 aromatic rings. The standard InChI is InChI=1S/C24H32N2O2S/c1-25-16-22-15-21-10-9-19(11-12-26-29(27,28)17-20-7-8-20)14-23(21)24(22)13-18-5-3-2-4-6-18/h2-6,9-10,14,20,22,24-26H,7-8,11-13,15-17H2,1H3. The van der Waals surface area contributed by atoms with Gasteiger partial charge >= 0.3 is 0 Å². The number of sulfonamides is 1. The van der Waals surface area contributed by atoms with E-state index >= 15 is 0 Å². The van der Waals surface area contributed by atoms with Gasteiger partial charge in [-0.3, -0.25) is 0 Å². The summed E-state index contributed by atoms with van der Waals surface area (Å²) < 4.78 is 27.0. The van der Waals surface area contributed by atoms with E-state index in [0.717, 1.165) is 38.6 Å². The van der Waals surface area contributed by atoms with Gasteiger partial charge in [-0.15, -0.1) is 0 Å². The maximum atomic E-state index is 12.1. The third kappa shape index (κ3) is 5.47. The summed E-state index contributed by atoms with van der Waals surface area (Å²) in [7, 11) is -1.10. The molecule has 4 nitrogen and oxygen atoms in total. The molecule has 2 N–H and O–H groups in total. The summed E-state index contributed by atoms with van der Waals surface area (Å²) in [5.74, 6) is 1.78. The predicted octanol–water partition coefficient (Wildman–Crippen LogP) is 3.28. The minimum Gasteiger partial charge on any atom is -0.319 e. The lowest BCUT2D eigenvalue weighted by molar-refractivity contribution is 0.436. The number of rotatable bonds is 10. The molecule has 2 unspecified atom stereocenters. The maximum absolute atomic E-state index is 12.1. The van der Waals surface area contributed by atoms with Gasteiger partial charge in [0.15, 0.2) is 0 Å². The van der Waals surface area contributed by atoms with Gasteiger partial charge in [-0.2, -0.15) is 0 Å². The Hall–Kier alpha value is -1.69. The number of hydrogen-bond acceptors (Lipinski definition) is 3. The minimum atomic E-state index is -3.13. The molecule has 1 fully saturated rings. The fourth-order valence-corrected chi connectivity index (χ4v) is 6.12. The van der Waals surface area contributed by atoms with Crippen LogP contribution in [-0.4, -0.2) is 34.3 Å². The summed E-state index contributed by atoms with van der Waals surface area (Å²) in [6.07, 6.45) is 5.02. The van der Waals surface area contributed by atoms with Crippen molar-refractivity contribution < 1.29 is 8.42 Å². The molecule has 0 saturated heterocycles. The summed E-state index contributed by atoms with van der Waals surface area (Å²) in [6.45, 7) is 1.50. The highest BCUT2D eigenvalue weighted by atomic mass is 32.2. The van der Waals surface area contributed by atoms with Gasteiger partial charge < -0.3 is 5.32 Å². The second kappa shape index (κ2) is 8.99. The van der Waals surface area contributed by atoms with Crippen molar-refractivity contribution in [1.29, 1.82) is 0 Å². The fourth-order valence-electron chi connectivity index (χ4n) is 4.64. The Balaban J connectivity index is 1.44. The second-order valence-electron chi connectivity index (χ2n) is 8.72. The van der Waals surface area contributed by atoms with Gasteiger partial charge in [0.1, 0.15) is 0 Å². The normalized spacial score (nSPS) is 21.3. The number of hydrogen-bond donors (Lipinski definition) is 2. The molecular weight excluding hydrogens is 380 g/mol. The van der Waals surface area contributed by atoms with Crippen molar-refractivity contribution in [2.75, 3.05) is 25.9 Å². The van der Waals surface area contributed by atoms with Crippen molar-refractivity contribution in [3.63, 3.8) is 0 Å². The van der Waals surface area contributed by atoms with Crippen LogP contribution >= 0.6 is 0 Å². The molecule has 5 heteroatoms. The molecule has 2 atom stereocenters. The van der Waals surface area contributed by atoms with Crippen LogP contribution < -0.4 is 10.0 Å². The van der Waals surface area contributed by atoms with Gasteiger partial charge in [-0.05, 0) is 85.7 Å². The average Bonchev–Trinajstić information content (AvgIpc) is 3.44. The molecule has 0 spiro atoms. The van der Waals surface area contributed by atoms with Crippen LogP contribution in [0.15, 0.2) is 48.5 Å². The minimum absolute atomic E-state index is 0.294. The first-order chi connectivity index (χ1) is 14.0. The van der Waals surface area contributed by atoms with Crippen molar-refractivity contribution in [1.82, 2.24) is 10.0 Å². The quantitative estimate of drug-likeness (QED) is 0.630. The third-order valence-electron chi connectivity index (χ3n) is 6.31. The maximum Gasteiger partial charge on any atom is 0.211 e. The monoisotopic (exact) mass is 412 g/mol. The Bertz CT molecular complexity index is 923. The molecule has 156 valence electrons. The molecule has 2 aromatic carbocycles. The molecular formula is C24H32N2O2S. The van der Waals surface area contributed by atoms with E-state index in [-0.39, 0.29) is 0 Å². The largest absolute Gasteiger partial charge is 0.319 e. The molecule has 0 radical (unpaired) electrons. The van der Waals surface area contributed by atoms with Gasteiger partial charge in [-0.25, -0.2) is 13.1 Å². The average molecular weight is 413 g/mol. The number of nitrogens with one attached hydrogen (secondary N) is 2. The summed E-state index contributed by atoms with van der Waals surface area (Å²) in [6, 6.07) is 17.5. The molecule has 29 heavy (non-hydrogen) atoms. The van der Waals surface area contributed by atoms with Crippen molar-refractivity contribution in [3.05, 3.63) is 70.8 Å². The molecule has 2 aliphatic carbocycles.